The molecule has 0 amide bonds. The van der Waals surface area contributed by atoms with Gasteiger partial charge in [0.15, 0.2) is 0 Å². The van der Waals surface area contributed by atoms with Crippen LogP contribution >= 0.6 is 11.5 Å². The number of hydrogen-bond acceptors (Lipinski definition) is 5. The molecule has 2 atom stereocenters. The Bertz CT molecular complexity index is 407. The molecule has 1 N–H and O–H groups in total. The van der Waals surface area contributed by atoms with Crippen molar-refractivity contribution in [3.8, 4) is 0 Å². The Morgan fingerprint density at radius 3 is 2.94 bits per heavy atom. The molecule has 2 unspecified atom stereocenters. The van der Waals surface area contributed by atoms with Crippen LogP contribution in [0.25, 0.3) is 0 Å². The minimum Gasteiger partial charge on any atom is -0.481 e. The van der Waals surface area contributed by atoms with Gasteiger partial charge in [0.05, 0.1) is 5.92 Å². The average molecular weight is 255 g/mol. The lowest BCUT2D eigenvalue weighted by Crippen LogP contribution is -2.42. The largest absolute Gasteiger partial charge is 0.481 e. The summed E-state index contributed by atoms with van der Waals surface area (Å²) in [7, 11) is 0. The first kappa shape index (κ1) is 12.3. The third kappa shape index (κ3) is 2.57. The first-order valence-corrected chi connectivity index (χ1v) is 6.71. The van der Waals surface area contributed by atoms with Crippen molar-refractivity contribution in [1.29, 1.82) is 0 Å². The molecule has 0 radical (unpaired) electrons. The van der Waals surface area contributed by atoms with Gasteiger partial charge >= 0.3 is 5.97 Å². The van der Waals surface area contributed by atoms with Gasteiger partial charge in [0.2, 0.25) is 5.13 Å². The van der Waals surface area contributed by atoms with E-state index in [0.29, 0.717) is 12.8 Å². The highest BCUT2D eigenvalue weighted by Gasteiger charge is 2.31. The maximum absolute atomic E-state index is 10.9. The highest BCUT2D eigenvalue weighted by Crippen LogP contribution is 2.29. The molecule has 17 heavy (non-hydrogen) atoms. The highest BCUT2D eigenvalue weighted by atomic mass is 32.1. The lowest BCUT2D eigenvalue weighted by atomic mass is 9.92. The summed E-state index contributed by atoms with van der Waals surface area (Å²) < 4.78 is 4.27. The standard InChI is InChI=1S/C11H17N3O2S/c1-3-9-12-11(17-13-9)14-5-4-8(10(15)16)6-7(14)2/h7-8H,3-6H2,1-2H3,(H,15,16). The maximum atomic E-state index is 10.9. The Morgan fingerprint density at radius 1 is 1.65 bits per heavy atom. The summed E-state index contributed by atoms with van der Waals surface area (Å²) in [6, 6.07) is 0.225. The number of hydrogen-bond donors (Lipinski definition) is 1. The first-order chi connectivity index (χ1) is 8.11. The van der Waals surface area contributed by atoms with Gasteiger partial charge in [-0.1, -0.05) is 6.92 Å². The van der Waals surface area contributed by atoms with Crippen molar-refractivity contribution in [2.45, 2.75) is 39.2 Å². The second-order valence-electron chi connectivity index (χ2n) is 4.45. The number of aromatic nitrogens is 2. The van der Waals surface area contributed by atoms with Crippen molar-refractivity contribution >= 4 is 22.6 Å². The van der Waals surface area contributed by atoms with Gasteiger partial charge in [0.1, 0.15) is 5.82 Å². The molecule has 1 aromatic heterocycles. The van der Waals surface area contributed by atoms with Gasteiger partial charge in [-0.15, -0.1) is 0 Å². The van der Waals surface area contributed by atoms with Crippen molar-refractivity contribution in [3.05, 3.63) is 5.82 Å². The molecule has 1 aliphatic rings. The Kier molecular flexibility index (Phi) is 3.61. The topological polar surface area (TPSA) is 66.3 Å². The van der Waals surface area contributed by atoms with Gasteiger partial charge in [-0.3, -0.25) is 4.79 Å². The summed E-state index contributed by atoms with van der Waals surface area (Å²) in [6.45, 7) is 4.85. The molecule has 0 aromatic carbocycles. The minimum absolute atomic E-state index is 0.209. The van der Waals surface area contributed by atoms with E-state index < -0.39 is 5.97 Å². The first-order valence-electron chi connectivity index (χ1n) is 5.93. The van der Waals surface area contributed by atoms with E-state index >= 15 is 0 Å². The Balaban J connectivity index is 2.06. The number of carbonyl (C=O) groups is 1. The molecular weight excluding hydrogens is 238 g/mol. The van der Waals surface area contributed by atoms with Crippen LogP contribution in [0.3, 0.4) is 0 Å². The zero-order chi connectivity index (χ0) is 12.4. The van der Waals surface area contributed by atoms with Gasteiger partial charge in [-0.25, -0.2) is 4.98 Å². The lowest BCUT2D eigenvalue weighted by Gasteiger charge is -2.35. The molecule has 2 heterocycles. The highest BCUT2D eigenvalue weighted by molar-refractivity contribution is 7.09. The van der Waals surface area contributed by atoms with Crippen molar-refractivity contribution < 1.29 is 9.90 Å². The molecule has 0 bridgehead atoms. The monoisotopic (exact) mass is 255 g/mol. The van der Waals surface area contributed by atoms with Crippen molar-refractivity contribution in [1.82, 2.24) is 9.36 Å². The predicted octanol–water partition coefficient (Wildman–Crippen LogP) is 1.79. The average Bonchev–Trinajstić information content (AvgIpc) is 2.77. The van der Waals surface area contributed by atoms with E-state index in [1.54, 1.807) is 0 Å². The van der Waals surface area contributed by atoms with Crippen LogP contribution in [0, 0.1) is 5.92 Å². The zero-order valence-electron chi connectivity index (χ0n) is 10.1. The SMILES string of the molecule is CCc1nsc(N2CCC(C(=O)O)CC2C)n1. The molecule has 1 aliphatic heterocycles. The molecule has 0 saturated carbocycles. The van der Waals surface area contributed by atoms with E-state index in [4.69, 9.17) is 5.11 Å². The second kappa shape index (κ2) is 5.00. The molecule has 0 spiro atoms. The third-order valence-electron chi connectivity index (χ3n) is 3.24. The minimum atomic E-state index is -0.678. The van der Waals surface area contributed by atoms with Crippen LogP contribution in [0.2, 0.25) is 0 Å². The fraction of sp³-hybridized carbons (Fsp3) is 0.727. The quantitative estimate of drug-likeness (QED) is 0.892. The van der Waals surface area contributed by atoms with Gasteiger partial charge in [0.25, 0.3) is 0 Å². The van der Waals surface area contributed by atoms with Crippen LogP contribution in [0.15, 0.2) is 0 Å². The number of anilines is 1. The molecule has 5 nitrogen and oxygen atoms in total. The van der Waals surface area contributed by atoms with E-state index in [9.17, 15) is 4.79 Å². The van der Waals surface area contributed by atoms with Crippen molar-refractivity contribution in [2.24, 2.45) is 5.92 Å². The number of rotatable bonds is 3. The molecule has 1 fully saturated rings. The van der Waals surface area contributed by atoms with E-state index in [2.05, 4.69) is 21.2 Å². The van der Waals surface area contributed by atoms with E-state index in [1.165, 1.54) is 11.5 Å². The number of aryl methyl sites for hydroxylation is 1. The van der Waals surface area contributed by atoms with Crippen molar-refractivity contribution in [3.63, 3.8) is 0 Å². The Morgan fingerprint density at radius 2 is 2.41 bits per heavy atom. The van der Waals surface area contributed by atoms with E-state index in [-0.39, 0.29) is 12.0 Å². The van der Waals surface area contributed by atoms with E-state index in [0.717, 1.165) is 23.9 Å². The number of carboxylic acids is 1. The summed E-state index contributed by atoms with van der Waals surface area (Å²) in [5.41, 5.74) is 0. The normalized spacial score (nSPS) is 24.9. The number of carboxylic acid groups (broad SMARTS) is 1. The van der Waals surface area contributed by atoms with Gasteiger partial charge in [0, 0.05) is 30.5 Å². The van der Waals surface area contributed by atoms with Crippen molar-refractivity contribution in [2.75, 3.05) is 11.4 Å². The Labute approximate surface area is 105 Å². The van der Waals surface area contributed by atoms with E-state index in [1.807, 2.05) is 6.92 Å². The van der Waals surface area contributed by atoms with Crippen LogP contribution in [-0.4, -0.2) is 33.0 Å². The van der Waals surface area contributed by atoms with Crippen LogP contribution in [0.4, 0.5) is 5.13 Å². The molecule has 1 aromatic rings. The summed E-state index contributed by atoms with van der Waals surface area (Å²) in [5.74, 6) is -0.0135. The fourth-order valence-electron chi connectivity index (χ4n) is 2.19. The molecular formula is C11H17N3O2S. The summed E-state index contributed by atoms with van der Waals surface area (Å²) in [4.78, 5) is 17.6. The number of aliphatic carboxylic acids is 1. The van der Waals surface area contributed by atoms with Gasteiger partial charge < -0.3 is 10.0 Å². The fourth-order valence-corrected chi connectivity index (χ4v) is 3.06. The molecule has 94 valence electrons. The summed E-state index contributed by atoms with van der Waals surface area (Å²) in [5, 5.41) is 9.94. The summed E-state index contributed by atoms with van der Waals surface area (Å²) in [6.07, 6.45) is 2.23. The summed E-state index contributed by atoms with van der Waals surface area (Å²) >= 11 is 1.41. The third-order valence-corrected chi connectivity index (χ3v) is 4.04. The number of piperidine rings is 1. The van der Waals surface area contributed by atoms with Crippen LogP contribution in [0.1, 0.15) is 32.5 Å². The number of nitrogens with zero attached hydrogens (tertiary/aromatic N) is 3. The lowest BCUT2D eigenvalue weighted by molar-refractivity contribution is -0.142. The van der Waals surface area contributed by atoms with Crippen LogP contribution < -0.4 is 4.90 Å². The smallest absolute Gasteiger partial charge is 0.306 e. The second-order valence-corrected chi connectivity index (χ2v) is 5.18. The molecule has 0 aliphatic carbocycles. The van der Waals surface area contributed by atoms with Gasteiger partial charge in [-0.05, 0) is 19.8 Å². The predicted molar refractivity (Wildman–Crippen MR) is 66.5 cm³/mol. The van der Waals surface area contributed by atoms with Gasteiger partial charge in [-0.2, -0.15) is 4.37 Å². The molecule has 2 rings (SSSR count). The zero-order valence-corrected chi connectivity index (χ0v) is 10.9. The molecule has 1 saturated heterocycles. The van der Waals surface area contributed by atoms with Crippen LogP contribution in [-0.2, 0) is 11.2 Å². The Hall–Kier alpha value is -1.17. The maximum Gasteiger partial charge on any atom is 0.306 e. The van der Waals surface area contributed by atoms with Crippen LogP contribution in [0.5, 0.6) is 0 Å². The molecule has 6 heteroatoms.